The van der Waals surface area contributed by atoms with Gasteiger partial charge in [0.25, 0.3) is 10.1 Å². The van der Waals surface area contributed by atoms with E-state index in [-0.39, 0.29) is 27.5 Å². The van der Waals surface area contributed by atoms with Gasteiger partial charge in [-0.15, -0.1) is 0 Å². The van der Waals surface area contributed by atoms with Crippen LogP contribution in [-0.4, -0.2) is 52.1 Å². The van der Waals surface area contributed by atoms with Crippen molar-refractivity contribution in [2.75, 3.05) is 11.1 Å². The fourth-order valence-electron chi connectivity index (χ4n) is 1.50. The van der Waals surface area contributed by atoms with Crippen LogP contribution >= 0.6 is 0 Å². The van der Waals surface area contributed by atoms with Crippen molar-refractivity contribution in [1.29, 1.82) is 0 Å². The number of phenolic OH excluding ortho intramolecular Hbond substituents is 1. The number of rotatable bonds is 4. The maximum absolute atomic E-state index is 11.1. The van der Waals surface area contributed by atoms with E-state index < -0.39 is 30.2 Å². The normalized spacial score (nSPS) is 11.6. The SMILES string of the molecule is CC(=O)Nc1c(O)cccc1[As](=O)(O)O.CC(C)CS(=O)(=O)O. The molecule has 0 aliphatic carbocycles. The molecule has 0 aromatic heterocycles. The van der Waals surface area contributed by atoms with Crippen molar-refractivity contribution in [3.63, 3.8) is 0 Å². The number of benzene rings is 1. The number of anilines is 1. The van der Waals surface area contributed by atoms with Crippen LogP contribution in [0.3, 0.4) is 0 Å². The van der Waals surface area contributed by atoms with Gasteiger partial charge in [0, 0.05) is 0 Å². The van der Waals surface area contributed by atoms with Crippen molar-refractivity contribution < 1.29 is 34.8 Å². The Morgan fingerprint density at radius 3 is 2.13 bits per heavy atom. The Morgan fingerprint density at radius 2 is 1.83 bits per heavy atom. The molecule has 132 valence electrons. The molecule has 0 heterocycles. The molecule has 0 spiro atoms. The number of nitrogens with one attached hydrogen (secondary N) is 1. The Bertz CT molecular complexity index is 695. The van der Waals surface area contributed by atoms with Crippen LogP contribution < -0.4 is 9.67 Å². The molecule has 1 aromatic rings. The summed E-state index contributed by atoms with van der Waals surface area (Å²) in [5.74, 6) is -1.02. The van der Waals surface area contributed by atoms with Gasteiger partial charge in [-0.05, 0) is 5.92 Å². The molecule has 0 aliphatic heterocycles. The minimum Gasteiger partial charge on any atom is -0.286 e. The Kier molecular flexibility index (Phi) is 8.02. The molecule has 0 aliphatic rings. The summed E-state index contributed by atoms with van der Waals surface area (Å²) in [5, 5.41) is 11.5. The molecular formula is C12H20AsNO8S. The van der Waals surface area contributed by atoms with Crippen molar-refractivity contribution in [2.45, 2.75) is 20.8 Å². The van der Waals surface area contributed by atoms with Crippen LogP contribution in [0.1, 0.15) is 20.8 Å². The summed E-state index contributed by atoms with van der Waals surface area (Å²) in [4.78, 5) is 10.8. The zero-order valence-corrected chi connectivity index (χ0v) is 15.5. The number of aromatic hydroxyl groups is 1. The summed E-state index contributed by atoms with van der Waals surface area (Å²) in [6, 6.07) is 3.71. The number of carbonyl (C=O) groups is 1. The van der Waals surface area contributed by atoms with Crippen LogP contribution in [0.15, 0.2) is 18.2 Å². The topological polar surface area (TPSA) is 161 Å². The molecule has 0 saturated carbocycles. The average molecular weight is 413 g/mol. The van der Waals surface area contributed by atoms with Gasteiger partial charge in [0.05, 0.1) is 5.75 Å². The summed E-state index contributed by atoms with van der Waals surface area (Å²) < 4.78 is 56.9. The summed E-state index contributed by atoms with van der Waals surface area (Å²) in [5.41, 5.74) is -0.225. The predicted octanol–water partition coefficient (Wildman–Crippen LogP) is -0.558. The van der Waals surface area contributed by atoms with Gasteiger partial charge >= 0.3 is 88.1 Å². The van der Waals surface area contributed by atoms with Crippen LogP contribution in [0.5, 0.6) is 5.75 Å². The largest absolute Gasteiger partial charge is 0.286 e. The summed E-state index contributed by atoms with van der Waals surface area (Å²) in [7, 11) is -3.72. The molecule has 0 atom stereocenters. The third kappa shape index (κ3) is 9.42. The van der Waals surface area contributed by atoms with Gasteiger partial charge in [-0.2, -0.15) is 8.42 Å². The van der Waals surface area contributed by atoms with Crippen molar-refractivity contribution in [1.82, 2.24) is 0 Å². The zero-order chi connectivity index (χ0) is 18.4. The third-order valence-corrected chi connectivity index (χ3v) is 5.37. The Labute approximate surface area is 137 Å². The second kappa shape index (κ2) is 8.51. The van der Waals surface area contributed by atoms with E-state index in [1.807, 2.05) is 0 Å². The molecule has 1 amide bonds. The first kappa shape index (κ1) is 21.7. The number of hydrogen-bond acceptors (Lipinski definition) is 5. The Balaban J connectivity index is 0.000000515. The average Bonchev–Trinajstić information content (AvgIpc) is 2.27. The molecule has 0 radical (unpaired) electrons. The van der Waals surface area contributed by atoms with Crippen molar-refractivity contribution in [3.8, 4) is 5.75 Å². The van der Waals surface area contributed by atoms with Crippen LogP contribution in [0.4, 0.5) is 5.69 Å². The molecule has 0 fully saturated rings. The number of hydrogen-bond donors (Lipinski definition) is 5. The first-order valence-corrected chi connectivity index (χ1v) is 11.3. The van der Waals surface area contributed by atoms with Crippen molar-refractivity contribution in [3.05, 3.63) is 18.2 Å². The molecular weight excluding hydrogens is 393 g/mol. The maximum atomic E-state index is 11.1. The Morgan fingerprint density at radius 1 is 1.30 bits per heavy atom. The fourth-order valence-corrected chi connectivity index (χ4v) is 3.90. The second-order valence-electron chi connectivity index (χ2n) is 5.04. The minimum absolute atomic E-state index is 0.00463. The van der Waals surface area contributed by atoms with E-state index >= 15 is 0 Å². The van der Waals surface area contributed by atoms with Crippen LogP contribution in [0.25, 0.3) is 0 Å². The van der Waals surface area contributed by atoms with Crippen LogP contribution in [0, 0.1) is 5.92 Å². The van der Waals surface area contributed by atoms with E-state index in [0.29, 0.717) is 0 Å². The molecule has 1 rings (SSSR count). The van der Waals surface area contributed by atoms with E-state index in [9.17, 15) is 22.1 Å². The molecule has 0 saturated heterocycles. The van der Waals surface area contributed by atoms with E-state index in [4.69, 9.17) is 12.7 Å². The van der Waals surface area contributed by atoms with Gasteiger partial charge in [0.1, 0.15) is 0 Å². The van der Waals surface area contributed by atoms with E-state index in [1.54, 1.807) is 13.8 Å². The van der Waals surface area contributed by atoms with Crippen molar-refractivity contribution >= 4 is 40.2 Å². The number of amides is 1. The minimum atomic E-state index is -5.14. The van der Waals surface area contributed by atoms with Gasteiger partial charge in [-0.1, -0.05) is 13.8 Å². The first-order chi connectivity index (χ1) is 10.2. The van der Waals surface area contributed by atoms with Gasteiger partial charge in [-0.3, -0.25) is 4.55 Å². The van der Waals surface area contributed by atoms with Gasteiger partial charge in [0.2, 0.25) is 0 Å². The van der Waals surface area contributed by atoms with Gasteiger partial charge in [-0.25, -0.2) is 0 Å². The maximum Gasteiger partial charge on any atom is 0.265 e. The molecule has 23 heavy (non-hydrogen) atoms. The predicted molar refractivity (Wildman–Crippen MR) is 84.2 cm³/mol. The molecule has 9 nitrogen and oxygen atoms in total. The molecule has 5 N–H and O–H groups in total. The zero-order valence-electron chi connectivity index (χ0n) is 12.8. The number of para-hydroxylation sites is 1. The monoisotopic (exact) mass is 413 g/mol. The molecule has 11 heteroatoms. The standard InChI is InChI=1S/C8H10AsNO5.C4H10O3S/c1-5(11)10-8-6(9(13,14)15)3-2-4-7(8)12;1-4(2)3-8(5,6)7/h2-4,12H,1H3,(H,10,11)(H2,13,14,15);4H,3H2,1-2H3,(H,5,6,7). The van der Waals surface area contributed by atoms with E-state index in [2.05, 4.69) is 5.32 Å². The van der Waals surface area contributed by atoms with Crippen LogP contribution in [0.2, 0.25) is 0 Å². The summed E-state index contributed by atoms with van der Waals surface area (Å²) in [6.45, 7) is 4.64. The van der Waals surface area contributed by atoms with E-state index in [0.717, 1.165) is 0 Å². The number of phenols is 1. The summed E-state index contributed by atoms with van der Waals surface area (Å²) >= 11 is -5.14. The van der Waals surface area contributed by atoms with Gasteiger partial charge < -0.3 is 0 Å². The Hall–Kier alpha value is -1.32. The summed E-state index contributed by atoms with van der Waals surface area (Å²) in [6.07, 6.45) is 0. The van der Waals surface area contributed by atoms with Gasteiger partial charge in [0.15, 0.2) is 0 Å². The van der Waals surface area contributed by atoms with Crippen LogP contribution in [-0.2, 0) is 18.7 Å². The quantitative estimate of drug-likeness (QED) is 0.249. The number of carbonyl (C=O) groups excluding carboxylic acids is 1. The van der Waals surface area contributed by atoms with Crippen molar-refractivity contribution in [2.24, 2.45) is 5.92 Å². The fraction of sp³-hybridized carbons (Fsp3) is 0.417. The molecule has 1 aromatic carbocycles. The third-order valence-electron chi connectivity index (χ3n) is 2.18. The smallest absolute Gasteiger partial charge is 0.265 e. The second-order valence-corrected chi connectivity index (χ2v) is 9.83. The van der Waals surface area contributed by atoms with E-state index in [1.165, 1.54) is 25.1 Å². The molecule has 0 bridgehead atoms. The molecule has 0 unspecified atom stereocenters. The first-order valence-electron chi connectivity index (χ1n) is 6.35.